The third-order valence-corrected chi connectivity index (χ3v) is 4.28. The minimum absolute atomic E-state index is 0.611. The molecule has 1 aromatic rings. The van der Waals surface area contributed by atoms with E-state index in [2.05, 4.69) is 43.0 Å². The summed E-state index contributed by atoms with van der Waals surface area (Å²) in [5, 5.41) is 8.80. The van der Waals surface area contributed by atoms with Crippen LogP contribution < -0.4 is 4.90 Å². The van der Waals surface area contributed by atoms with Crippen molar-refractivity contribution in [2.24, 2.45) is 5.92 Å². The van der Waals surface area contributed by atoms with Gasteiger partial charge in [0, 0.05) is 25.2 Å². The normalized spacial score (nSPS) is 16.4. The van der Waals surface area contributed by atoms with Crippen LogP contribution in [0.15, 0.2) is 18.2 Å². The first-order valence-corrected chi connectivity index (χ1v) is 7.52. The third kappa shape index (κ3) is 3.10. The van der Waals surface area contributed by atoms with Crippen molar-refractivity contribution in [1.82, 2.24) is 0 Å². The van der Waals surface area contributed by atoms with E-state index in [1.807, 2.05) is 0 Å². The quantitative estimate of drug-likeness (QED) is 0.816. The molecule has 102 valence electrons. The molecule has 0 aromatic heterocycles. The minimum atomic E-state index is 0.611. The van der Waals surface area contributed by atoms with Gasteiger partial charge in [-0.2, -0.15) is 5.26 Å². The Balaban J connectivity index is 2.17. The number of benzene rings is 1. The second-order valence-corrected chi connectivity index (χ2v) is 5.42. The van der Waals surface area contributed by atoms with Gasteiger partial charge in [-0.15, -0.1) is 0 Å². The maximum absolute atomic E-state index is 8.80. The van der Waals surface area contributed by atoms with E-state index >= 15 is 0 Å². The fourth-order valence-corrected chi connectivity index (χ4v) is 3.11. The SMILES string of the molecule is CCc1cccc(CC)c1N1CCC(CC#N)CC1. The number of nitriles is 1. The molecule has 0 unspecified atom stereocenters. The van der Waals surface area contributed by atoms with E-state index in [1.165, 1.54) is 16.8 Å². The van der Waals surface area contributed by atoms with Gasteiger partial charge in [-0.3, -0.25) is 0 Å². The van der Waals surface area contributed by atoms with Gasteiger partial charge in [-0.1, -0.05) is 32.0 Å². The molecule has 0 amide bonds. The maximum atomic E-state index is 8.80. The number of rotatable bonds is 4. The van der Waals surface area contributed by atoms with Crippen molar-refractivity contribution >= 4 is 5.69 Å². The van der Waals surface area contributed by atoms with Crippen molar-refractivity contribution in [2.75, 3.05) is 18.0 Å². The zero-order valence-corrected chi connectivity index (χ0v) is 12.2. The van der Waals surface area contributed by atoms with Crippen LogP contribution in [0.5, 0.6) is 0 Å². The summed E-state index contributed by atoms with van der Waals surface area (Å²) in [4.78, 5) is 2.55. The lowest BCUT2D eigenvalue weighted by Crippen LogP contribution is -2.34. The first-order chi connectivity index (χ1) is 9.30. The third-order valence-electron chi connectivity index (χ3n) is 4.28. The molecule has 1 aromatic carbocycles. The Kier molecular flexibility index (Phi) is 4.85. The van der Waals surface area contributed by atoms with Crippen LogP contribution >= 0.6 is 0 Å². The summed E-state index contributed by atoms with van der Waals surface area (Å²) in [7, 11) is 0. The fourth-order valence-electron chi connectivity index (χ4n) is 3.11. The standard InChI is InChI=1S/C17H24N2/c1-3-15-6-5-7-16(4-2)17(15)19-12-9-14(8-11-18)10-13-19/h5-7,14H,3-4,8-10,12-13H2,1-2H3. The summed E-state index contributed by atoms with van der Waals surface area (Å²) in [6, 6.07) is 9.02. The van der Waals surface area contributed by atoms with Crippen molar-refractivity contribution in [2.45, 2.75) is 46.0 Å². The van der Waals surface area contributed by atoms with Crippen LogP contribution in [0.4, 0.5) is 5.69 Å². The first kappa shape index (κ1) is 13.9. The Morgan fingerprint density at radius 1 is 1.16 bits per heavy atom. The number of hydrogen-bond donors (Lipinski definition) is 0. The first-order valence-electron chi connectivity index (χ1n) is 7.52. The average Bonchev–Trinajstić information content (AvgIpc) is 2.47. The molecule has 0 radical (unpaired) electrons. The minimum Gasteiger partial charge on any atom is -0.371 e. The van der Waals surface area contributed by atoms with Gasteiger partial charge < -0.3 is 4.90 Å². The summed E-state index contributed by atoms with van der Waals surface area (Å²) in [6.45, 7) is 6.69. The second kappa shape index (κ2) is 6.61. The lowest BCUT2D eigenvalue weighted by Gasteiger charge is -2.35. The van der Waals surface area contributed by atoms with Gasteiger partial charge in [0.1, 0.15) is 0 Å². The van der Waals surface area contributed by atoms with Crippen molar-refractivity contribution in [3.05, 3.63) is 29.3 Å². The van der Waals surface area contributed by atoms with Crippen LogP contribution in [0.2, 0.25) is 0 Å². The smallest absolute Gasteiger partial charge is 0.0624 e. The molecule has 0 N–H and O–H groups in total. The van der Waals surface area contributed by atoms with Crippen molar-refractivity contribution in [3.63, 3.8) is 0 Å². The van der Waals surface area contributed by atoms with Gasteiger partial charge in [-0.05, 0) is 42.7 Å². The highest BCUT2D eigenvalue weighted by atomic mass is 15.1. The number of nitrogens with zero attached hydrogens (tertiary/aromatic N) is 2. The predicted octanol–water partition coefficient (Wildman–Crippen LogP) is 3.94. The molecular weight excluding hydrogens is 232 g/mol. The molecule has 0 aliphatic carbocycles. The number of hydrogen-bond acceptors (Lipinski definition) is 2. The Morgan fingerprint density at radius 3 is 2.21 bits per heavy atom. The molecule has 2 rings (SSSR count). The lowest BCUT2D eigenvalue weighted by atomic mass is 9.92. The van der Waals surface area contributed by atoms with Crippen LogP contribution in [0.1, 0.15) is 44.2 Å². The van der Waals surface area contributed by atoms with Crippen molar-refractivity contribution in [3.8, 4) is 6.07 Å². The van der Waals surface area contributed by atoms with Crippen molar-refractivity contribution in [1.29, 1.82) is 5.26 Å². The molecule has 0 atom stereocenters. The van der Waals surface area contributed by atoms with E-state index in [0.29, 0.717) is 5.92 Å². The predicted molar refractivity (Wildman–Crippen MR) is 80.4 cm³/mol. The molecule has 2 heteroatoms. The second-order valence-electron chi connectivity index (χ2n) is 5.42. The van der Waals surface area contributed by atoms with Crippen molar-refractivity contribution < 1.29 is 0 Å². The van der Waals surface area contributed by atoms with Gasteiger partial charge in [0.2, 0.25) is 0 Å². The van der Waals surface area contributed by atoms with E-state index in [9.17, 15) is 0 Å². The molecule has 1 aliphatic rings. The number of piperidine rings is 1. The van der Waals surface area contributed by atoms with Gasteiger partial charge in [0.15, 0.2) is 0 Å². The lowest BCUT2D eigenvalue weighted by molar-refractivity contribution is 0.412. The van der Waals surface area contributed by atoms with Gasteiger partial charge in [-0.25, -0.2) is 0 Å². The molecule has 1 fully saturated rings. The van der Waals surface area contributed by atoms with Crippen LogP contribution in [-0.2, 0) is 12.8 Å². The molecule has 1 heterocycles. The molecule has 2 nitrogen and oxygen atoms in total. The number of aryl methyl sites for hydroxylation is 2. The maximum Gasteiger partial charge on any atom is 0.0624 e. The molecule has 0 saturated carbocycles. The van der Waals surface area contributed by atoms with Crippen LogP contribution in [0.25, 0.3) is 0 Å². The largest absolute Gasteiger partial charge is 0.371 e. The molecule has 1 aliphatic heterocycles. The Bertz CT molecular complexity index is 429. The number of anilines is 1. The van der Waals surface area contributed by atoms with E-state index in [-0.39, 0.29) is 0 Å². The Labute approximate surface area is 117 Å². The summed E-state index contributed by atoms with van der Waals surface area (Å²) in [5.74, 6) is 0.611. The Hall–Kier alpha value is -1.49. The van der Waals surface area contributed by atoms with Gasteiger partial charge in [0.05, 0.1) is 6.07 Å². The summed E-state index contributed by atoms with van der Waals surface area (Å²) in [5.41, 5.74) is 4.42. The average molecular weight is 256 g/mol. The molecule has 19 heavy (non-hydrogen) atoms. The van der Waals surface area contributed by atoms with Gasteiger partial charge >= 0.3 is 0 Å². The highest BCUT2D eigenvalue weighted by molar-refractivity contribution is 5.60. The van der Waals surface area contributed by atoms with Gasteiger partial charge in [0.25, 0.3) is 0 Å². The molecule has 1 saturated heterocycles. The topological polar surface area (TPSA) is 27.0 Å². The highest BCUT2D eigenvalue weighted by Crippen LogP contribution is 2.31. The summed E-state index contributed by atoms with van der Waals surface area (Å²) >= 11 is 0. The molecule has 0 bridgehead atoms. The van der Waals surface area contributed by atoms with Crippen LogP contribution in [0, 0.1) is 17.2 Å². The zero-order valence-electron chi connectivity index (χ0n) is 12.2. The molecular formula is C17H24N2. The van der Waals surface area contributed by atoms with Crippen LogP contribution in [-0.4, -0.2) is 13.1 Å². The monoisotopic (exact) mass is 256 g/mol. The fraction of sp³-hybridized carbons (Fsp3) is 0.588. The van der Waals surface area contributed by atoms with E-state index < -0.39 is 0 Å². The highest BCUT2D eigenvalue weighted by Gasteiger charge is 2.21. The van der Waals surface area contributed by atoms with E-state index in [0.717, 1.165) is 45.2 Å². The summed E-state index contributed by atoms with van der Waals surface area (Å²) in [6.07, 6.45) is 5.25. The van der Waals surface area contributed by atoms with E-state index in [4.69, 9.17) is 5.26 Å². The van der Waals surface area contributed by atoms with E-state index in [1.54, 1.807) is 0 Å². The zero-order chi connectivity index (χ0) is 13.7. The Morgan fingerprint density at radius 2 is 1.74 bits per heavy atom. The van der Waals surface area contributed by atoms with Crippen LogP contribution in [0.3, 0.4) is 0 Å². The summed E-state index contributed by atoms with van der Waals surface area (Å²) < 4.78 is 0. The number of para-hydroxylation sites is 1. The molecule has 0 spiro atoms.